The quantitative estimate of drug-likeness (QED) is 0.886. The van der Waals surface area contributed by atoms with Crippen LogP contribution in [0.2, 0.25) is 0 Å². The van der Waals surface area contributed by atoms with Crippen molar-refractivity contribution in [1.29, 1.82) is 0 Å². The lowest BCUT2D eigenvalue weighted by molar-refractivity contribution is -0.117. The molecule has 0 spiro atoms. The van der Waals surface area contributed by atoms with Gasteiger partial charge in [0.2, 0.25) is 5.91 Å². The molecule has 1 aliphatic rings. The molecule has 0 aliphatic carbocycles. The van der Waals surface area contributed by atoms with Crippen molar-refractivity contribution in [3.63, 3.8) is 0 Å². The Bertz CT molecular complexity index is 712. The molecule has 1 fully saturated rings. The Labute approximate surface area is 140 Å². The zero-order valence-electron chi connectivity index (χ0n) is 13.6. The number of benzene rings is 1. The molecule has 1 atom stereocenters. The van der Waals surface area contributed by atoms with E-state index in [9.17, 15) is 9.59 Å². The molecule has 1 aliphatic heterocycles. The number of hydrogen-bond acceptors (Lipinski definition) is 3. The zero-order valence-corrected chi connectivity index (χ0v) is 13.6. The lowest BCUT2D eigenvalue weighted by Crippen LogP contribution is -2.36. The van der Waals surface area contributed by atoms with Crippen LogP contribution in [0.5, 0.6) is 0 Å². The van der Waals surface area contributed by atoms with Crippen LogP contribution in [0.3, 0.4) is 0 Å². The molecule has 0 bridgehead atoms. The van der Waals surface area contributed by atoms with Gasteiger partial charge in [0.15, 0.2) is 0 Å². The zero-order chi connectivity index (χ0) is 16.9. The van der Waals surface area contributed by atoms with E-state index in [1.54, 1.807) is 17.2 Å². The maximum absolute atomic E-state index is 12.0. The third kappa shape index (κ3) is 3.76. The van der Waals surface area contributed by atoms with E-state index >= 15 is 0 Å². The summed E-state index contributed by atoms with van der Waals surface area (Å²) in [7, 11) is 0. The molecule has 3 amide bonds. The van der Waals surface area contributed by atoms with Gasteiger partial charge >= 0.3 is 6.03 Å². The molecule has 0 saturated carbocycles. The Morgan fingerprint density at radius 1 is 1.33 bits per heavy atom. The van der Waals surface area contributed by atoms with Crippen LogP contribution in [-0.4, -0.2) is 18.5 Å². The molecule has 2 aromatic rings. The van der Waals surface area contributed by atoms with Crippen LogP contribution in [0, 0.1) is 0 Å². The molecule has 0 radical (unpaired) electrons. The fraction of sp³-hybridized carbons (Fsp3) is 0.333. The van der Waals surface area contributed by atoms with Crippen molar-refractivity contribution in [3.05, 3.63) is 54.0 Å². The van der Waals surface area contributed by atoms with Crippen LogP contribution in [-0.2, 0) is 11.3 Å². The monoisotopic (exact) mass is 327 g/mol. The smallest absolute Gasteiger partial charge is 0.315 e. The SMILES string of the molecule is C[C@@H](NC(=O)NCc1cccc(N2CCCC2=O)c1)c1ccco1. The molecule has 126 valence electrons. The molecule has 6 heteroatoms. The number of nitrogens with zero attached hydrogens (tertiary/aromatic N) is 1. The van der Waals surface area contributed by atoms with Gasteiger partial charge in [-0.05, 0) is 43.2 Å². The van der Waals surface area contributed by atoms with Crippen LogP contribution in [0.4, 0.5) is 10.5 Å². The molecule has 1 aromatic carbocycles. The maximum atomic E-state index is 12.0. The summed E-state index contributed by atoms with van der Waals surface area (Å²) in [6.45, 7) is 3.02. The predicted molar refractivity (Wildman–Crippen MR) is 90.5 cm³/mol. The number of rotatable bonds is 5. The number of hydrogen-bond donors (Lipinski definition) is 2. The van der Waals surface area contributed by atoms with Gasteiger partial charge in [-0.1, -0.05) is 12.1 Å². The molecule has 0 unspecified atom stereocenters. The van der Waals surface area contributed by atoms with Gasteiger partial charge in [-0.2, -0.15) is 0 Å². The van der Waals surface area contributed by atoms with Crippen molar-refractivity contribution in [2.75, 3.05) is 11.4 Å². The van der Waals surface area contributed by atoms with Gasteiger partial charge in [0.1, 0.15) is 5.76 Å². The summed E-state index contributed by atoms with van der Waals surface area (Å²) in [6.07, 6.45) is 3.08. The van der Waals surface area contributed by atoms with E-state index in [4.69, 9.17) is 4.42 Å². The maximum Gasteiger partial charge on any atom is 0.315 e. The van der Waals surface area contributed by atoms with Crippen molar-refractivity contribution in [2.45, 2.75) is 32.4 Å². The highest BCUT2D eigenvalue weighted by Crippen LogP contribution is 2.22. The minimum atomic E-state index is -0.262. The summed E-state index contributed by atoms with van der Waals surface area (Å²) in [6, 6.07) is 10.8. The number of carbonyl (C=O) groups is 2. The van der Waals surface area contributed by atoms with E-state index in [0.29, 0.717) is 18.7 Å². The molecule has 2 heterocycles. The number of nitrogens with one attached hydrogen (secondary N) is 2. The van der Waals surface area contributed by atoms with Gasteiger partial charge in [0, 0.05) is 25.2 Å². The second-order valence-corrected chi connectivity index (χ2v) is 5.88. The standard InChI is InChI=1S/C18H21N3O3/c1-13(16-7-4-10-24-16)20-18(23)19-12-14-5-2-6-15(11-14)21-9-3-8-17(21)22/h2,4-7,10-11,13H,3,8-9,12H2,1H3,(H2,19,20,23)/t13-/m1/s1. The lowest BCUT2D eigenvalue weighted by Gasteiger charge is -2.17. The molecular weight excluding hydrogens is 306 g/mol. The van der Waals surface area contributed by atoms with Gasteiger partial charge in [0.25, 0.3) is 0 Å². The summed E-state index contributed by atoms with van der Waals surface area (Å²) < 4.78 is 5.26. The highest BCUT2D eigenvalue weighted by Gasteiger charge is 2.21. The van der Waals surface area contributed by atoms with Gasteiger partial charge < -0.3 is 20.0 Å². The van der Waals surface area contributed by atoms with Gasteiger partial charge in [-0.25, -0.2) is 4.79 Å². The van der Waals surface area contributed by atoms with E-state index in [2.05, 4.69) is 10.6 Å². The number of furan rings is 1. The summed E-state index contributed by atoms with van der Waals surface area (Å²) >= 11 is 0. The lowest BCUT2D eigenvalue weighted by atomic mass is 10.2. The summed E-state index contributed by atoms with van der Waals surface area (Å²) in [4.78, 5) is 25.6. The van der Waals surface area contributed by atoms with E-state index in [1.807, 2.05) is 37.3 Å². The van der Waals surface area contributed by atoms with E-state index in [0.717, 1.165) is 24.2 Å². The van der Waals surface area contributed by atoms with E-state index in [1.165, 1.54) is 0 Å². The molecular formula is C18H21N3O3. The predicted octanol–water partition coefficient (Wildman–Crippen LogP) is 2.97. The van der Waals surface area contributed by atoms with Crippen LogP contribution in [0.25, 0.3) is 0 Å². The first-order valence-corrected chi connectivity index (χ1v) is 8.10. The second-order valence-electron chi connectivity index (χ2n) is 5.88. The van der Waals surface area contributed by atoms with Crippen LogP contribution in [0.1, 0.15) is 37.1 Å². The van der Waals surface area contributed by atoms with Crippen molar-refractivity contribution >= 4 is 17.6 Å². The largest absolute Gasteiger partial charge is 0.467 e. The minimum absolute atomic E-state index is 0.158. The third-order valence-electron chi connectivity index (χ3n) is 4.07. The average molecular weight is 327 g/mol. The minimum Gasteiger partial charge on any atom is -0.467 e. The van der Waals surface area contributed by atoms with Crippen molar-refractivity contribution in [2.24, 2.45) is 0 Å². The Balaban J connectivity index is 1.54. The average Bonchev–Trinajstić information content (AvgIpc) is 3.24. The van der Waals surface area contributed by atoms with Crippen molar-refractivity contribution in [1.82, 2.24) is 10.6 Å². The highest BCUT2D eigenvalue weighted by molar-refractivity contribution is 5.95. The Morgan fingerprint density at radius 2 is 2.21 bits per heavy atom. The van der Waals surface area contributed by atoms with Crippen LogP contribution in [0.15, 0.2) is 47.1 Å². The number of urea groups is 1. The molecule has 24 heavy (non-hydrogen) atoms. The highest BCUT2D eigenvalue weighted by atomic mass is 16.3. The van der Waals surface area contributed by atoms with Crippen molar-refractivity contribution in [3.8, 4) is 0 Å². The Kier molecular flexibility index (Phi) is 4.84. The van der Waals surface area contributed by atoms with Gasteiger partial charge in [-0.15, -0.1) is 0 Å². The van der Waals surface area contributed by atoms with Crippen molar-refractivity contribution < 1.29 is 14.0 Å². The van der Waals surface area contributed by atoms with Crippen LogP contribution >= 0.6 is 0 Å². The van der Waals surface area contributed by atoms with E-state index < -0.39 is 0 Å². The topological polar surface area (TPSA) is 74.6 Å². The summed E-state index contributed by atoms with van der Waals surface area (Å²) in [5.74, 6) is 0.866. The fourth-order valence-electron chi connectivity index (χ4n) is 2.79. The van der Waals surface area contributed by atoms with Gasteiger partial charge in [0.05, 0.1) is 12.3 Å². The number of anilines is 1. The first kappa shape index (κ1) is 16.1. The fourth-order valence-corrected chi connectivity index (χ4v) is 2.79. The number of carbonyl (C=O) groups excluding carboxylic acids is 2. The molecule has 1 saturated heterocycles. The first-order chi connectivity index (χ1) is 11.6. The summed E-state index contributed by atoms with van der Waals surface area (Å²) in [5, 5.41) is 5.65. The summed E-state index contributed by atoms with van der Waals surface area (Å²) in [5.41, 5.74) is 1.84. The molecule has 1 aromatic heterocycles. The second kappa shape index (κ2) is 7.21. The number of amides is 3. The molecule has 2 N–H and O–H groups in total. The molecule has 3 rings (SSSR count). The van der Waals surface area contributed by atoms with Gasteiger partial charge in [-0.3, -0.25) is 4.79 Å². The van der Waals surface area contributed by atoms with E-state index in [-0.39, 0.29) is 18.0 Å². The normalized spacial score (nSPS) is 15.4. The Morgan fingerprint density at radius 3 is 2.92 bits per heavy atom. The third-order valence-corrected chi connectivity index (χ3v) is 4.07. The van der Waals surface area contributed by atoms with Crippen LogP contribution < -0.4 is 15.5 Å². The first-order valence-electron chi connectivity index (χ1n) is 8.10. The Hall–Kier alpha value is -2.76. The molecule has 6 nitrogen and oxygen atoms in total.